The molecule has 0 saturated heterocycles. The summed E-state index contributed by atoms with van der Waals surface area (Å²) in [4.78, 5) is 21.1. The van der Waals surface area contributed by atoms with Crippen LogP contribution in [0, 0.1) is 5.82 Å². The molecule has 0 unspecified atom stereocenters. The zero-order chi connectivity index (χ0) is 22.0. The number of benzene rings is 2. The number of amides is 2. The van der Waals surface area contributed by atoms with Crippen LogP contribution in [0.4, 0.5) is 20.0 Å². The molecule has 0 fully saturated rings. The smallest absolute Gasteiger partial charge is 0.325 e. The minimum atomic E-state index is -0.499. The Morgan fingerprint density at radius 2 is 1.87 bits per heavy atom. The molecule has 31 heavy (non-hydrogen) atoms. The Hall–Kier alpha value is -3.52. The first-order valence-corrected chi connectivity index (χ1v) is 10.5. The molecule has 2 aromatic heterocycles. The van der Waals surface area contributed by atoms with E-state index in [1.165, 1.54) is 23.5 Å². The zero-order valence-corrected chi connectivity index (χ0v) is 18.1. The number of thiazole rings is 1. The van der Waals surface area contributed by atoms with E-state index in [0.29, 0.717) is 26.8 Å². The van der Waals surface area contributed by atoms with Crippen molar-refractivity contribution in [1.29, 1.82) is 0 Å². The van der Waals surface area contributed by atoms with E-state index in [4.69, 9.17) is 4.74 Å². The molecule has 0 radical (unpaired) electrons. The van der Waals surface area contributed by atoms with E-state index in [-0.39, 0.29) is 17.1 Å². The highest BCUT2D eigenvalue weighted by Gasteiger charge is 2.20. The van der Waals surface area contributed by atoms with Crippen molar-refractivity contribution in [3.63, 3.8) is 0 Å². The highest BCUT2D eigenvalue weighted by Crippen LogP contribution is 2.35. The molecule has 0 atom stereocenters. The van der Waals surface area contributed by atoms with Gasteiger partial charge in [0, 0.05) is 11.8 Å². The predicted octanol–water partition coefficient (Wildman–Crippen LogP) is 6.56. The quantitative estimate of drug-likeness (QED) is 0.380. The van der Waals surface area contributed by atoms with E-state index in [2.05, 4.69) is 41.4 Å². The fourth-order valence-corrected chi connectivity index (χ4v) is 3.94. The number of fused-ring (bicyclic) bond motifs is 1. The third-order valence-electron chi connectivity index (χ3n) is 4.49. The third-order valence-corrected chi connectivity index (χ3v) is 5.43. The van der Waals surface area contributed by atoms with E-state index in [9.17, 15) is 9.18 Å². The van der Waals surface area contributed by atoms with Crippen LogP contribution in [0.25, 0.3) is 10.2 Å². The van der Waals surface area contributed by atoms with Gasteiger partial charge in [0.25, 0.3) is 0 Å². The van der Waals surface area contributed by atoms with E-state index in [0.717, 1.165) is 5.56 Å². The van der Waals surface area contributed by atoms with Crippen LogP contribution in [0.5, 0.6) is 11.6 Å². The molecule has 2 heterocycles. The van der Waals surface area contributed by atoms with Crippen LogP contribution in [0.1, 0.15) is 26.3 Å². The van der Waals surface area contributed by atoms with E-state index in [1.807, 2.05) is 24.3 Å². The molecule has 4 rings (SSSR count). The van der Waals surface area contributed by atoms with Crippen LogP contribution >= 0.6 is 11.3 Å². The summed E-state index contributed by atoms with van der Waals surface area (Å²) in [5.74, 6) is 0.603. The average molecular weight is 437 g/mol. The highest BCUT2D eigenvalue weighted by molar-refractivity contribution is 7.22. The summed E-state index contributed by atoms with van der Waals surface area (Å²) < 4.78 is 20.1. The molecule has 6 nitrogen and oxygen atoms in total. The minimum Gasteiger partial charge on any atom is -0.437 e. The SMILES string of the molecule is CC(C)(C)c1ccccc1Oc1ncccc1NC(=O)Nc1nc2ccc(F)cc2s1. The summed E-state index contributed by atoms with van der Waals surface area (Å²) in [6.45, 7) is 6.30. The van der Waals surface area contributed by atoms with Crippen molar-refractivity contribution < 1.29 is 13.9 Å². The maximum absolute atomic E-state index is 13.4. The van der Waals surface area contributed by atoms with Gasteiger partial charge in [-0.15, -0.1) is 0 Å². The van der Waals surface area contributed by atoms with Crippen molar-refractivity contribution in [2.45, 2.75) is 26.2 Å². The third kappa shape index (κ3) is 4.80. The fourth-order valence-electron chi connectivity index (χ4n) is 3.05. The van der Waals surface area contributed by atoms with Gasteiger partial charge in [-0.1, -0.05) is 50.3 Å². The lowest BCUT2D eigenvalue weighted by Gasteiger charge is -2.22. The van der Waals surface area contributed by atoms with E-state index in [1.54, 1.807) is 24.4 Å². The molecule has 2 amide bonds. The largest absolute Gasteiger partial charge is 0.437 e. The van der Waals surface area contributed by atoms with Gasteiger partial charge in [0.1, 0.15) is 17.3 Å². The molecular formula is C23H21FN4O2S. The molecule has 158 valence electrons. The number of para-hydroxylation sites is 1. The molecule has 2 aromatic carbocycles. The first kappa shape index (κ1) is 20.7. The number of nitrogens with zero attached hydrogens (tertiary/aromatic N) is 2. The topological polar surface area (TPSA) is 76.1 Å². The van der Waals surface area contributed by atoms with Crippen molar-refractivity contribution in [1.82, 2.24) is 9.97 Å². The molecule has 4 aromatic rings. The standard InChI is InChI=1S/C23H21FN4O2S/c1-23(2,3)15-7-4-5-9-18(15)30-20-17(8-6-12-25-20)26-21(29)28-22-27-16-11-10-14(24)13-19(16)31-22/h4-13H,1-3H3,(H2,26,27,28,29). The molecule has 0 aliphatic carbocycles. The van der Waals surface area contributed by atoms with E-state index >= 15 is 0 Å². The molecule has 8 heteroatoms. The number of nitrogens with one attached hydrogen (secondary N) is 2. The molecule has 0 aliphatic heterocycles. The number of ether oxygens (including phenoxy) is 1. The number of pyridine rings is 1. The van der Waals surface area contributed by atoms with Gasteiger partial charge in [-0.05, 0) is 41.8 Å². The number of rotatable bonds is 4. The number of hydrogen-bond acceptors (Lipinski definition) is 5. The second-order valence-corrected chi connectivity index (χ2v) is 8.95. The molecule has 0 saturated carbocycles. The van der Waals surface area contributed by atoms with Crippen molar-refractivity contribution in [2.24, 2.45) is 0 Å². The number of aromatic nitrogens is 2. The summed E-state index contributed by atoms with van der Waals surface area (Å²) in [5, 5.41) is 5.79. The number of halogens is 1. The lowest BCUT2D eigenvalue weighted by molar-refractivity contribution is 0.262. The van der Waals surface area contributed by atoms with Gasteiger partial charge in [-0.25, -0.2) is 19.2 Å². The Kier molecular flexibility index (Phi) is 5.56. The summed E-state index contributed by atoms with van der Waals surface area (Å²) in [6, 6.07) is 14.9. The summed E-state index contributed by atoms with van der Waals surface area (Å²) >= 11 is 1.19. The summed E-state index contributed by atoms with van der Waals surface area (Å²) in [6.07, 6.45) is 1.60. The van der Waals surface area contributed by atoms with Gasteiger partial charge in [-0.2, -0.15) is 0 Å². The zero-order valence-electron chi connectivity index (χ0n) is 17.3. The van der Waals surface area contributed by atoms with Crippen LogP contribution in [-0.2, 0) is 5.41 Å². The van der Waals surface area contributed by atoms with Gasteiger partial charge >= 0.3 is 6.03 Å². The van der Waals surface area contributed by atoms with Crippen LogP contribution in [0.3, 0.4) is 0 Å². The lowest BCUT2D eigenvalue weighted by atomic mass is 9.86. The lowest BCUT2D eigenvalue weighted by Crippen LogP contribution is -2.20. The van der Waals surface area contributed by atoms with Crippen LogP contribution in [0.2, 0.25) is 0 Å². The monoisotopic (exact) mass is 436 g/mol. The number of anilines is 2. The Bertz CT molecular complexity index is 1250. The predicted molar refractivity (Wildman–Crippen MR) is 122 cm³/mol. The average Bonchev–Trinajstić information content (AvgIpc) is 3.10. The summed E-state index contributed by atoms with van der Waals surface area (Å²) in [7, 11) is 0. The van der Waals surface area contributed by atoms with Gasteiger partial charge in [0.05, 0.1) is 10.2 Å². The number of hydrogen-bond donors (Lipinski definition) is 2. The van der Waals surface area contributed by atoms with Crippen molar-refractivity contribution >= 4 is 38.4 Å². The Labute approximate surface area is 183 Å². The fraction of sp³-hybridized carbons (Fsp3) is 0.174. The van der Waals surface area contributed by atoms with Gasteiger partial charge in [0.2, 0.25) is 5.88 Å². The number of carbonyl (C=O) groups is 1. The van der Waals surface area contributed by atoms with Crippen LogP contribution < -0.4 is 15.4 Å². The van der Waals surface area contributed by atoms with Crippen LogP contribution in [0.15, 0.2) is 60.8 Å². The van der Waals surface area contributed by atoms with Crippen molar-refractivity contribution in [3.05, 3.63) is 72.2 Å². The minimum absolute atomic E-state index is 0.122. The Morgan fingerprint density at radius 1 is 1.06 bits per heavy atom. The summed E-state index contributed by atoms with van der Waals surface area (Å²) in [5.41, 5.74) is 1.93. The first-order valence-electron chi connectivity index (χ1n) is 9.66. The second-order valence-electron chi connectivity index (χ2n) is 7.91. The maximum atomic E-state index is 13.4. The molecular weight excluding hydrogens is 415 g/mol. The second kappa shape index (κ2) is 8.31. The number of urea groups is 1. The Morgan fingerprint density at radius 3 is 2.68 bits per heavy atom. The normalized spacial score (nSPS) is 11.4. The molecule has 0 aliphatic rings. The van der Waals surface area contributed by atoms with Crippen molar-refractivity contribution in [3.8, 4) is 11.6 Å². The van der Waals surface area contributed by atoms with Gasteiger partial charge in [0.15, 0.2) is 5.13 Å². The number of carbonyl (C=O) groups excluding carboxylic acids is 1. The molecule has 0 bridgehead atoms. The highest BCUT2D eigenvalue weighted by atomic mass is 32.1. The van der Waals surface area contributed by atoms with Gasteiger partial charge < -0.3 is 10.1 Å². The Balaban J connectivity index is 1.53. The molecule has 2 N–H and O–H groups in total. The van der Waals surface area contributed by atoms with Gasteiger partial charge in [-0.3, -0.25) is 5.32 Å². The first-order chi connectivity index (χ1) is 14.8. The maximum Gasteiger partial charge on any atom is 0.325 e. The van der Waals surface area contributed by atoms with Crippen LogP contribution in [-0.4, -0.2) is 16.0 Å². The molecule has 0 spiro atoms. The van der Waals surface area contributed by atoms with Crippen molar-refractivity contribution in [2.75, 3.05) is 10.6 Å². The van der Waals surface area contributed by atoms with E-state index < -0.39 is 6.03 Å².